The van der Waals surface area contributed by atoms with Gasteiger partial charge in [-0.1, -0.05) is 41.9 Å². The summed E-state index contributed by atoms with van der Waals surface area (Å²) >= 11 is 6.15. The van der Waals surface area contributed by atoms with Crippen LogP contribution in [-0.2, 0) is 0 Å². The van der Waals surface area contributed by atoms with Crippen molar-refractivity contribution in [1.29, 1.82) is 0 Å². The van der Waals surface area contributed by atoms with E-state index in [1.807, 2.05) is 49.4 Å². The van der Waals surface area contributed by atoms with Crippen LogP contribution in [0.2, 0.25) is 5.02 Å². The smallest absolute Gasteiger partial charge is 0.255 e. The molecule has 0 spiro atoms. The Morgan fingerprint density at radius 3 is 2.45 bits per heavy atom. The third kappa shape index (κ3) is 5.46. The van der Waals surface area contributed by atoms with E-state index >= 15 is 0 Å². The lowest BCUT2D eigenvalue weighted by Gasteiger charge is -2.29. The molecule has 5 heteroatoms. The van der Waals surface area contributed by atoms with Crippen LogP contribution in [0, 0.1) is 6.92 Å². The van der Waals surface area contributed by atoms with Gasteiger partial charge in [-0.2, -0.15) is 0 Å². The largest absolute Gasteiger partial charge is 0.490 e. The zero-order valence-corrected chi connectivity index (χ0v) is 18.7. The van der Waals surface area contributed by atoms with E-state index in [-0.39, 0.29) is 12.0 Å². The van der Waals surface area contributed by atoms with Gasteiger partial charge in [0.1, 0.15) is 11.9 Å². The number of carbonyl (C=O) groups excluding carboxylic acids is 1. The summed E-state index contributed by atoms with van der Waals surface area (Å²) in [5.74, 6) is 0.722. The summed E-state index contributed by atoms with van der Waals surface area (Å²) in [5.41, 5.74) is 4.33. The van der Waals surface area contributed by atoms with Crippen molar-refractivity contribution in [2.24, 2.45) is 0 Å². The zero-order chi connectivity index (χ0) is 21.8. The molecule has 31 heavy (non-hydrogen) atoms. The Balaban J connectivity index is 1.42. The summed E-state index contributed by atoms with van der Waals surface area (Å²) in [4.78, 5) is 14.9. The first kappa shape index (κ1) is 21.4. The molecular formula is C26H27ClN2O2. The molecule has 0 aliphatic carbocycles. The van der Waals surface area contributed by atoms with E-state index in [0.29, 0.717) is 10.6 Å². The molecule has 1 aliphatic rings. The molecule has 1 aliphatic heterocycles. The molecule has 1 fully saturated rings. The van der Waals surface area contributed by atoms with Gasteiger partial charge in [-0.25, -0.2) is 0 Å². The molecule has 3 aromatic rings. The van der Waals surface area contributed by atoms with Crippen molar-refractivity contribution in [1.82, 2.24) is 4.90 Å². The summed E-state index contributed by atoms with van der Waals surface area (Å²) < 4.78 is 6.14. The number of hydrogen-bond donors (Lipinski definition) is 1. The molecule has 0 bridgehead atoms. The monoisotopic (exact) mass is 434 g/mol. The first-order valence-electron chi connectivity index (χ1n) is 10.6. The van der Waals surface area contributed by atoms with Gasteiger partial charge in [-0.05, 0) is 79.9 Å². The number of nitrogens with one attached hydrogen (secondary N) is 1. The Bertz CT molecular complexity index is 1060. The van der Waals surface area contributed by atoms with Crippen LogP contribution in [0.15, 0.2) is 66.7 Å². The normalized spacial score (nSPS) is 14.9. The lowest BCUT2D eigenvalue weighted by Crippen LogP contribution is -2.35. The molecule has 1 heterocycles. The second-order valence-electron chi connectivity index (χ2n) is 8.14. The van der Waals surface area contributed by atoms with Crippen LogP contribution < -0.4 is 10.1 Å². The summed E-state index contributed by atoms with van der Waals surface area (Å²) in [7, 11) is 2.15. The van der Waals surface area contributed by atoms with Crippen LogP contribution in [-0.4, -0.2) is 37.0 Å². The maximum Gasteiger partial charge on any atom is 0.255 e. The lowest BCUT2D eigenvalue weighted by atomic mass is 10.0. The van der Waals surface area contributed by atoms with E-state index in [1.165, 1.54) is 0 Å². The number of piperidine rings is 1. The average molecular weight is 435 g/mol. The lowest BCUT2D eigenvalue weighted by molar-refractivity contribution is 0.102. The van der Waals surface area contributed by atoms with E-state index in [4.69, 9.17) is 16.3 Å². The number of amides is 1. The Morgan fingerprint density at radius 2 is 1.74 bits per heavy atom. The summed E-state index contributed by atoms with van der Waals surface area (Å²) in [6.07, 6.45) is 2.41. The number of benzene rings is 3. The number of ether oxygens (including phenoxy) is 1. The summed E-state index contributed by atoms with van der Waals surface area (Å²) in [5, 5.41) is 3.54. The van der Waals surface area contributed by atoms with Gasteiger partial charge in [0.25, 0.3) is 5.91 Å². The Kier molecular flexibility index (Phi) is 6.59. The molecule has 1 amide bonds. The highest BCUT2D eigenvalue weighted by Crippen LogP contribution is 2.27. The SMILES string of the molecule is Cc1ccc(C(=O)Nc2cccc(-c3ccc(OC4CCN(C)CC4)cc3)c2)cc1Cl. The van der Waals surface area contributed by atoms with Gasteiger partial charge < -0.3 is 15.0 Å². The van der Waals surface area contributed by atoms with Crippen LogP contribution in [0.4, 0.5) is 5.69 Å². The van der Waals surface area contributed by atoms with E-state index in [0.717, 1.165) is 54.1 Å². The molecule has 4 nitrogen and oxygen atoms in total. The molecule has 0 radical (unpaired) electrons. The third-order valence-corrected chi connectivity index (χ3v) is 6.12. The third-order valence-electron chi connectivity index (χ3n) is 5.71. The highest BCUT2D eigenvalue weighted by Gasteiger charge is 2.18. The number of hydrogen-bond acceptors (Lipinski definition) is 3. The predicted molar refractivity (Wildman–Crippen MR) is 127 cm³/mol. The molecule has 1 N–H and O–H groups in total. The molecule has 0 atom stereocenters. The molecule has 3 aromatic carbocycles. The van der Waals surface area contributed by atoms with Crippen molar-refractivity contribution in [2.45, 2.75) is 25.9 Å². The van der Waals surface area contributed by atoms with Crippen molar-refractivity contribution in [3.05, 3.63) is 82.9 Å². The zero-order valence-electron chi connectivity index (χ0n) is 17.9. The topological polar surface area (TPSA) is 41.6 Å². The van der Waals surface area contributed by atoms with Crippen molar-refractivity contribution in [3.8, 4) is 16.9 Å². The van der Waals surface area contributed by atoms with Gasteiger partial charge in [0.2, 0.25) is 0 Å². The van der Waals surface area contributed by atoms with E-state index in [9.17, 15) is 4.79 Å². The highest BCUT2D eigenvalue weighted by atomic mass is 35.5. The molecule has 1 saturated heterocycles. The number of anilines is 1. The second-order valence-corrected chi connectivity index (χ2v) is 8.55. The quantitative estimate of drug-likeness (QED) is 0.532. The minimum atomic E-state index is -0.180. The maximum atomic E-state index is 12.6. The van der Waals surface area contributed by atoms with Gasteiger partial charge >= 0.3 is 0 Å². The van der Waals surface area contributed by atoms with Gasteiger partial charge in [-0.3, -0.25) is 4.79 Å². The molecule has 0 saturated carbocycles. The molecular weight excluding hydrogens is 408 g/mol. The minimum absolute atomic E-state index is 0.180. The van der Waals surface area contributed by atoms with Crippen LogP contribution in [0.5, 0.6) is 5.75 Å². The van der Waals surface area contributed by atoms with E-state index in [1.54, 1.807) is 12.1 Å². The van der Waals surface area contributed by atoms with Gasteiger partial charge in [0.05, 0.1) is 0 Å². The van der Waals surface area contributed by atoms with Crippen LogP contribution in [0.25, 0.3) is 11.1 Å². The van der Waals surface area contributed by atoms with Crippen LogP contribution >= 0.6 is 11.6 Å². The number of likely N-dealkylation sites (tertiary alicyclic amines) is 1. The Labute approximate surface area is 188 Å². The molecule has 160 valence electrons. The number of nitrogens with zero attached hydrogens (tertiary/aromatic N) is 1. The van der Waals surface area contributed by atoms with E-state index in [2.05, 4.69) is 29.4 Å². The van der Waals surface area contributed by atoms with Gasteiger partial charge in [-0.15, -0.1) is 0 Å². The standard InChI is InChI=1S/C26H27ClN2O2/c1-18-6-7-21(17-25(18)27)26(30)28-22-5-3-4-20(16-22)19-8-10-23(11-9-19)31-24-12-14-29(2)15-13-24/h3-11,16-17,24H,12-15H2,1-2H3,(H,28,30). The fraction of sp³-hybridized carbons (Fsp3) is 0.269. The minimum Gasteiger partial charge on any atom is -0.490 e. The summed E-state index contributed by atoms with van der Waals surface area (Å²) in [6, 6.07) is 21.3. The highest BCUT2D eigenvalue weighted by molar-refractivity contribution is 6.31. The van der Waals surface area contributed by atoms with Gasteiger partial charge in [0, 0.05) is 29.4 Å². The summed E-state index contributed by atoms with van der Waals surface area (Å²) in [6.45, 7) is 4.07. The number of halogens is 1. The van der Waals surface area contributed by atoms with Crippen molar-refractivity contribution >= 4 is 23.2 Å². The first-order valence-corrected chi connectivity index (χ1v) is 11.0. The second kappa shape index (κ2) is 9.54. The van der Waals surface area contributed by atoms with Gasteiger partial charge in [0.15, 0.2) is 0 Å². The average Bonchev–Trinajstić information content (AvgIpc) is 2.78. The Hall–Kier alpha value is -2.82. The maximum absolute atomic E-state index is 12.6. The Morgan fingerprint density at radius 1 is 1.00 bits per heavy atom. The molecule has 4 rings (SSSR count). The number of carbonyl (C=O) groups is 1. The van der Waals surface area contributed by atoms with Crippen LogP contribution in [0.1, 0.15) is 28.8 Å². The predicted octanol–water partition coefficient (Wildman–Crippen LogP) is 6.04. The fourth-order valence-electron chi connectivity index (χ4n) is 3.74. The molecule has 0 unspecified atom stereocenters. The fourth-order valence-corrected chi connectivity index (χ4v) is 3.92. The van der Waals surface area contributed by atoms with E-state index < -0.39 is 0 Å². The van der Waals surface area contributed by atoms with Crippen molar-refractivity contribution in [3.63, 3.8) is 0 Å². The molecule has 0 aromatic heterocycles. The first-order chi connectivity index (χ1) is 15.0. The number of rotatable bonds is 5. The van der Waals surface area contributed by atoms with Crippen molar-refractivity contribution < 1.29 is 9.53 Å². The van der Waals surface area contributed by atoms with Crippen LogP contribution in [0.3, 0.4) is 0 Å². The van der Waals surface area contributed by atoms with Crippen molar-refractivity contribution in [2.75, 3.05) is 25.5 Å². The number of aryl methyl sites for hydroxylation is 1.